The minimum atomic E-state index is -4.41. The number of carbonyl (C=O) groups is 1. The van der Waals surface area contributed by atoms with E-state index in [0.29, 0.717) is 5.56 Å². The lowest BCUT2D eigenvalue weighted by atomic mass is 10.1. The van der Waals surface area contributed by atoms with Crippen molar-refractivity contribution in [2.24, 2.45) is 0 Å². The van der Waals surface area contributed by atoms with Crippen LogP contribution in [-0.4, -0.2) is 15.5 Å². The molecule has 1 aromatic heterocycles. The Labute approximate surface area is 127 Å². The van der Waals surface area contributed by atoms with Gasteiger partial charge in [0.25, 0.3) is 5.56 Å². The smallest absolute Gasteiger partial charge is 0.350 e. The number of alkyl halides is 3. The molecular formula is C14H12F3N3O3. The molecule has 0 aliphatic carbocycles. The van der Waals surface area contributed by atoms with Crippen molar-refractivity contribution in [3.8, 4) is 0 Å². The van der Waals surface area contributed by atoms with Gasteiger partial charge in [-0.1, -0.05) is 12.1 Å². The molecule has 1 amide bonds. The lowest BCUT2D eigenvalue weighted by molar-refractivity contribution is -0.137. The largest absolute Gasteiger partial charge is 0.416 e. The highest BCUT2D eigenvalue weighted by Crippen LogP contribution is 2.28. The fraction of sp³-hybridized carbons (Fsp3) is 0.214. The van der Waals surface area contributed by atoms with Crippen LogP contribution in [0.4, 0.5) is 13.2 Å². The van der Waals surface area contributed by atoms with Gasteiger partial charge in [0.1, 0.15) is 6.54 Å². The summed E-state index contributed by atoms with van der Waals surface area (Å²) < 4.78 is 38.2. The number of halogens is 3. The average molecular weight is 327 g/mol. The van der Waals surface area contributed by atoms with Crippen LogP contribution in [0.15, 0.2) is 46.1 Å². The van der Waals surface area contributed by atoms with Crippen LogP contribution in [0.1, 0.15) is 11.1 Å². The van der Waals surface area contributed by atoms with E-state index in [1.54, 1.807) is 0 Å². The molecule has 2 aromatic rings. The average Bonchev–Trinajstić information content (AvgIpc) is 2.47. The third kappa shape index (κ3) is 4.56. The molecule has 0 atom stereocenters. The maximum absolute atomic E-state index is 12.4. The minimum absolute atomic E-state index is 0.0229. The molecule has 0 radical (unpaired) electrons. The molecule has 2 N–H and O–H groups in total. The van der Waals surface area contributed by atoms with E-state index in [9.17, 15) is 27.6 Å². The second kappa shape index (κ2) is 6.51. The third-order valence-electron chi connectivity index (χ3n) is 2.98. The molecule has 0 saturated heterocycles. The highest BCUT2D eigenvalue weighted by atomic mass is 19.4. The summed E-state index contributed by atoms with van der Waals surface area (Å²) in [6.07, 6.45) is -3.23. The fourth-order valence-electron chi connectivity index (χ4n) is 1.79. The van der Waals surface area contributed by atoms with Crippen LogP contribution in [0.5, 0.6) is 0 Å². The van der Waals surface area contributed by atoms with E-state index < -0.39 is 28.9 Å². The first kappa shape index (κ1) is 16.5. The summed E-state index contributed by atoms with van der Waals surface area (Å²) in [4.78, 5) is 36.0. The van der Waals surface area contributed by atoms with Gasteiger partial charge in [-0.25, -0.2) is 4.79 Å². The predicted octanol–water partition coefficient (Wildman–Crippen LogP) is 0.872. The summed E-state index contributed by atoms with van der Waals surface area (Å²) in [5.41, 5.74) is -1.58. The van der Waals surface area contributed by atoms with Crippen molar-refractivity contribution in [1.29, 1.82) is 0 Å². The Bertz CT molecular complexity index is 807. The molecule has 1 heterocycles. The van der Waals surface area contributed by atoms with E-state index in [1.165, 1.54) is 18.3 Å². The lowest BCUT2D eigenvalue weighted by Gasteiger charge is -2.09. The third-order valence-corrected chi connectivity index (χ3v) is 2.98. The van der Waals surface area contributed by atoms with Gasteiger partial charge in [0.05, 0.1) is 5.56 Å². The molecule has 0 fully saturated rings. The molecule has 0 bridgehead atoms. The molecule has 0 spiro atoms. The topological polar surface area (TPSA) is 84.0 Å². The summed E-state index contributed by atoms with van der Waals surface area (Å²) in [5, 5.41) is 2.48. The van der Waals surface area contributed by atoms with Crippen molar-refractivity contribution in [3.63, 3.8) is 0 Å². The summed E-state index contributed by atoms with van der Waals surface area (Å²) in [5.74, 6) is -0.515. The number of hydrogen-bond acceptors (Lipinski definition) is 3. The number of nitrogens with zero attached hydrogens (tertiary/aromatic N) is 1. The number of H-pyrrole nitrogens is 1. The molecule has 23 heavy (non-hydrogen) atoms. The first-order valence-electron chi connectivity index (χ1n) is 6.48. The number of amides is 1. The van der Waals surface area contributed by atoms with Crippen molar-refractivity contribution >= 4 is 5.91 Å². The van der Waals surface area contributed by atoms with Gasteiger partial charge in [0.15, 0.2) is 0 Å². The SMILES string of the molecule is O=C(Cn1ccc(=O)[nH]c1=O)NCc1ccc(C(F)(F)F)cc1. The maximum atomic E-state index is 12.4. The van der Waals surface area contributed by atoms with Gasteiger partial charge in [-0.15, -0.1) is 0 Å². The van der Waals surface area contributed by atoms with E-state index in [2.05, 4.69) is 5.32 Å². The lowest BCUT2D eigenvalue weighted by Crippen LogP contribution is -2.35. The van der Waals surface area contributed by atoms with Crippen LogP contribution in [0.3, 0.4) is 0 Å². The number of carbonyl (C=O) groups excluding carboxylic acids is 1. The zero-order valence-corrected chi connectivity index (χ0v) is 11.7. The zero-order chi connectivity index (χ0) is 17.0. The number of benzene rings is 1. The van der Waals surface area contributed by atoms with Crippen LogP contribution >= 0.6 is 0 Å². The van der Waals surface area contributed by atoms with Crippen molar-refractivity contribution in [2.45, 2.75) is 19.3 Å². The summed E-state index contributed by atoms with van der Waals surface area (Å²) in [6.45, 7) is -0.286. The van der Waals surface area contributed by atoms with Gasteiger partial charge in [-0.05, 0) is 17.7 Å². The van der Waals surface area contributed by atoms with E-state index in [1.807, 2.05) is 4.98 Å². The molecule has 0 aliphatic heterocycles. The van der Waals surface area contributed by atoms with Gasteiger partial charge >= 0.3 is 11.9 Å². The molecule has 0 unspecified atom stereocenters. The Balaban J connectivity index is 1.94. The number of nitrogens with one attached hydrogen (secondary N) is 2. The molecule has 122 valence electrons. The summed E-state index contributed by atoms with van der Waals surface area (Å²) in [7, 11) is 0. The number of aromatic amines is 1. The Kier molecular flexibility index (Phi) is 4.68. The summed E-state index contributed by atoms with van der Waals surface area (Å²) >= 11 is 0. The molecule has 0 aliphatic rings. The van der Waals surface area contributed by atoms with Gasteiger partial charge in [-0.2, -0.15) is 13.2 Å². The number of aromatic nitrogens is 2. The van der Waals surface area contributed by atoms with Crippen LogP contribution in [-0.2, 0) is 24.1 Å². The molecule has 2 rings (SSSR count). The van der Waals surface area contributed by atoms with E-state index >= 15 is 0 Å². The predicted molar refractivity (Wildman–Crippen MR) is 74.6 cm³/mol. The Morgan fingerprint density at radius 2 is 1.78 bits per heavy atom. The van der Waals surface area contributed by atoms with Crippen LogP contribution < -0.4 is 16.6 Å². The van der Waals surface area contributed by atoms with Crippen molar-refractivity contribution in [2.75, 3.05) is 0 Å². The first-order valence-corrected chi connectivity index (χ1v) is 6.48. The van der Waals surface area contributed by atoms with Gasteiger partial charge in [0, 0.05) is 18.8 Å². The molecule has 0 saturated carbocycles. The zero-order valence-electron chi connectivity index (χ0n) is 11.7. The van der Waals surface area contributed by atoms with Crippen LogP contribution in [0.25, 0.3) is 0 Å². The van der Waals surface area contributed by atoms with Crippen LogP contribution in [0.2, 0.25) is 0 Å². The normalized spacial score (nSPS) is 11.3. The Hall–Kier alpha value is -2.84. The number of rotatable bonds is 4. The minimum Gasteiger partial charge on any atom is -0.350 e. The molecule has 1 aromatic carbocycles. The quantitative estimate of drug-likeness (QED) is 0.874. The number of hydrogen-bond donors (Lipinski definition) is 2. The molecule has 9 heteroatoms. The summed E-state index contributed by atoms with van der Waals surface area (Å²) in [6, 6.07) is 5.47. The van der Waals surface area contributed by atoms with Crippen molar-refractivity contribution < 1.29 is 18.0 Å². The van der Waals surface area contributed by atoms with Crippen LogP contribution in [0, 0.1) is 0 Å². The van der Waals surface area contributed by atoms with E-state index in [4.69, 9.17) is 0 Å². The second-order valence-electron chi connectivity index (χ2n) is 4.71. The van der Waals surface area contributed by atoms with E-state index in [0.717, 1.165) is 22.8 Å². The standard InChI is InChI=1S/C14H12F3N3O3/c15-14(16,17)10-3-1-9(2-4-10)7-18-12(22)8-20-6-5-11(21)19-13(20)23/h1-6H,7-8H2,(H,18,22)(H,19,21,23). The van der Waals surface area contributed by atoms with Crippen molar-refractivity contribution in [3.05, 3.63) is 68.5 Å². The first-order chi connectivity index (χ1) is 10.8. The highest BCUT2D eigenvalue weighted by Gasteiger charge is 2.29. The maximum Gasteiger partial charge on any atom is 0.416 e. The van der Waals surface area contributed by atoms with Crippen molar-refractivity contribution in [1.82, 2.24) is 14.9 Å². The van der Waals surface area contributed by atoms with Gasteiger partial charge in [0.2, 0.25) is 5.91 Å². The highest BCUT2D eigenvalue weighted by molar-refractivity contribution is 5.75. The molecular weight excluding hydrogens is 315 g/mol. The van der Waals surface area contributed by atoms with Gasteiger partial charge < -0.3 is 5.32 Å². The Morgan fingerprint density at radius 3 is 2.35 bits per heavy atom. The Morgan fingerprint density at radius 1 is 1.13 bits per heavy atom. The molecule has 6 nitrogen and oxygen atoms in total. The van der Waals surface area contributed by atoms with E-state index in [-0.39, 0.29) is 13.1 Å². The van der Waals surface area contributed by atoms with Gasteiger partial charge in [-0.3, -0.25) is 19.1 Å². The fourth-order valence-corrected chi connectivity index (χ4v) is 1.79. The second-order valence-corrected chi connectivity index (χ2v) is 4.71. The monoisotopic (exact) mass is 327 g/mol.